The molecule has 0 saturated carbocycles. The molecule has 0 aliphatic carbocycles. The van der Waals surface area contributed by atoms with Crippen LogP contribution >= 0.6 is 0 Å². The molecule has 0 spiro atoms. The molecule has 0 unspecified atom stereocenters. The Kier molecular flexibility index (Phi) is 2.92. The lowest BCUT2D eigenvalue weighted by Crippen LogP contribution is -2.30. The number of hydrogen-bond donors (Lipinski definition) is 0. The van der Waals surface area contributed by atoms with E-state index in [1.807, 2.05) is 35.1 Å². The zero-order valence-electron chi connectivity index (χ0n) is 12.3. The molecule has 0 N–H and O–H groups in total. The second-order valence-corrected chi connectivity index (χ2v) is 5.52. The summed E-state index contributed by atoms with van der Waals surface area (Å²) in [7, 11) is 1.95. The van der Waals surface area contributed by atoms with Gasteiger partial charge in [0.1, 0.15) is 5.69 Å². The zero-order chi connectivity index (χ0) is 15.1. The number of carbonyl (C=O) groups excluding carboxylic acids is 1. The van der Waals surface area contributed by atoms with Gasteiger partial charge >= 0.3 is 0 Å². The van der Waals surface area contributed by atoms with Crippen LogP contribution in [0.25, 0.3) is 5.78 Å². The van der Waals surface area contributed by atoms with Gasteiger partial charge in [0, 0.05) is 50.0 Å². The van der Waals surface area contributed by atoms with Gasteiger partial charge in [-0.3, -0.25) is 13.9 Å². The smallest absolute Gasteiger partial charge is 0.274 e. The maximum Gasteiger partial charge on any atom is 0.274 e. The molecule has 0 aromatic carbocycles. The maximum atomic E-state index is 12.7. The van der Waals surface area contributed by atoms with Crippen molar-refractivity contribution >= 4 is 11.7 Å². The number of imidazole rings is 1. The van der Waals surface area contributed by atoms with Crippen LogP contribution in [-0.2, 0) is 20.0 Å². The zero-order valence-corrected chi connectivity index (χ0v) is 12.3. The summed E-state index contributed by atoms with van der Waals surface area (Å²) >= 11 is 0. The van der Waals surface area contributed by atoms with E-state index in [-0.39, 0.29) is 5.91 Å². The van der Waals surface area contributed by atoms with Crippen molar-refractivity contribution in [3.05, 3.63) is 47.8 Å². The predicted molar refractivity (Wildman–Crippen MR) is 79.3 cm³/mol. The molecular formula is C15H16N6O. The molecule has 4 heterocycles. The molecule has 0 fully saturated rings. The molecule has 3 aromatic rings. The fourth-order valence-electron chi connectivity index (χ4n) is 2.95. The van der Waals surface area contributed by atoms with Crippen LogP contribution in [0.2, 0.25) is 0 Å². The predicted octanol–water partition coefficient (Wildman–Crippen LogP) is 1.05. The van der Waals surface area contributed by atoms with Crippen molar-refractivity contribution in [2.24, 2.45) is 7.05 Å². The van der Waals surface area contributed by atoms with Crippen LogP contribution in [0, 0.1) is 0 Å². The average molecular weight is 296 g/mol. The normalized spacial score (nSPS) is 14.9. The van der Waals surface area contributed by atoms with Gasteiger partial charge < -0.3 is 4.90 Å². The van der Waals surface area contributed by atoms with Crippen molar-refractivity contribution in [1.29, 1.82) is 0 Å². The number of amides is 1. The Hall–Kier alpha value is -2.70. The number of nitrogens with zero attached hydrogens (tertiary/aromatic N) is 6. The Balaban J connectivity index is 1.64. The van der Waals surface area contributed by atoms with Crippen molar-refractivity contribution in [2.45, 2.75) is 19.4 Å². The highest BCUT2D eigenvalue weighted by molar-refractivity contribution is 5.92. The third-order valence-corrected chi connectivity index (χ3v) is 4.09. The quantitative estimate of drug-likeness (QED) is 0.673. The van der Waals surface area contributed by atoms with Gasteiger partial charge in [-0.2, -0.15) is 5.10 Å². The van der Waals surface area contributed by atoms with Crippen molar-refractivity contribution < 1.29 is 4.79 Å². The van der Waals surface area contributed by atoms with Crippen molar-refractivity contribution in [2.75, 3.05) is 6.54 Å². The minimum absolute atomic E-state index is 0.0535. The maximum absolute atomic E-state index is 12.7. The average Bonchev–Trinajstić information content (AvgIpc) is 3.03. The summed E-state index contributed by atoms with van der Waals surface area (Å²) in [5, 5.41) is 4.29. The van der Waals surface area contributed by atoms with Crippen molar-refractivity contribution in [1.82, 2.24) is 29.0 Å². The second kappa shape index (κ2) is 4.94. The van der Waals surface area contributed by atoms with E-state index in [0.717, 1.165) is 24.9 Å². The number of carbonyl (C=O) groups is 1. The van der Waals surface area contributed by atoms with Gasteiger partial charge in [-0.05, 0) is 18.9 Å². The lowest BCUT2D eigenvalue weighted by molar-refractivity contribution is 0.0740. The first kappa shape index (κ1) is 13.0. The minimum atomic E-state index is -0.0535. The Labute approximate surface area is 127 Å². The third kappa shape index (κ3) is 2.05. The number of fused-ring (bicyclic) bond motifs is 2. The summed E-state index contributed by atoms with van der Waals surface area (Å²) in [6.07, 6.45) is 8.98. The van der Waals surface area contributed by atoms with E-state index < -0.39 is 0 Å². The summed E-state index contributed by atoms with van der Waals surface area (Å²) in [4.78, 5) is 23.1. The van der Waals surface area contributed by atoms with Gasteiger partial charge in [-0.15, -0.1) is 0 Å². The van der Waals surface area contributed by atoms with E-state index >= 15 is 0 Å². The third-order valence-electron chi connectivity index (χ3n) is 4.09. The molecule has 1 amide bonds. The molecule has 4 rings (SSSR count). The molecule has 0 saturated heterocycles. The van der Waals surface area contributed by atoms with Crippen LogP contribution in [-0.4, -0.2) is 41.5 Å². The summed E-state index contributed by atoms with van der Waals surface area (Å²) in [5.41, 5.74) is 2.77. The molecule has 7 heteroatoms. The van der Waals surface area contributed by atoms with E-state index in [1.54, 1.807) is 16.8 Å². The molecular weight excluding hydrogens is 280 g/mol. The van der Waals surface area contributed by atoms with E-state index in [4.69, 9.17) is 0 Å². The Morgan fingerprint density at radius 1 is 1.36 bits per heavy atom. The van der Waals surface area contributed by atoms with Crippen LogP contribution in [0.5, 0.6) is 0 Å². The number of aromatic nitrogens is 5. The highest BCUT2D eigenvalue weighted by Gasteiger charge is 2.24. The van der Waals surface area contributed by atoms with Crippen LogP contribution < -0.4 is 0 Å². The van der Waals surface area contributed by atoms with Gasteiger partial charge in [0.2, 0.25) is 5.78 Å². The molecule has 0 bridgehead atoms. The number of hydrogen-bond acceptors (Lipinski definition) is 4. The fraction of sp³-hybridized carbons (Fsp3) is 0.333. The van der Waals surface area contributed by atoms with E-state index in [0.29, 0.717) is 18.0 Å². The van der Waals surface area contributed by atoms with Crippen molar-refractivity contribution in [3.63, 3.8) is 0 Å². The van der Waals surface area contributed by atoms with Gasteiger partial charge in [0.25, 0.3) is 5.91 Å². The summed E-state index contributed by atoms with van der Waals surface area (Å²) in [6.45, 7) is 1.32. The molecule has 1 aliphatic rings. The van der Waals surface area contributed by atoms with Gasteiger partial charge in [-0.1, -0.05) is 0 Å². The van der Waals surface area contributed by atoms with Crippen LogP contribution in [0.3, 0.4) is 0 Å². The SMILES string of the molecule is Cn1ncc2c1CCCN(C(=O)c1cn3cccnc3n1)C2. The Morgan fingerprint density at radius 2 is 2.27 bits per heavy atom. The van der Waals surface area contributed by atoms with Crippen LogP contribution in [0.1, 0.15) is 28.2 Å². The molecule has 1 aliphatic heterocycles. The summed E-state index contributed by atoms with van der Waals surface area (Å²) < 4.78 is 3.67. The van der Waals surface area contributed by atoms with Gasteiger partial charge in [-0.25, -0.2) is 9.97 Å². The molecule has 22 heavy (non-hydrogen) atoms. The largest absolute Gasteiger partial charge is 0.333 e. The van der Waals surface area contributed by atoms with Gasteiger partial charge in [0.05, 0.1) is 6.20 Å². The minimum Gasteiger partial charge on any atom is -0.333 e. The second-order valence-electron chi connectivity index (χ2n) is 5.52. The van der Waals surface area contributed by atoms with E-state index in [2.05, 4.69) is 15.1 Å². The van der Waals surface area contributed by atoms with Gasteiger partial charge in [0.15, 0.2) is 0 Å². The highest BCUT2D eigenvalue weighted by Crippen LogP contribution is 2.19. The number of aryl methyl sites for hydroxylation is 1. The topological polar surface area (TPSA) is 68.3 Å². The summed E-state index contributed by atoms with van der Waals surface area (Å²) in [5.74, 6) is 0.491. The van der Waals surface area contributed by atoms with Crippen LogP contribution in [0.4, 0.5) is 0 Å². The van der Waals surface area contributed by atoms with E-state index in [9.17, 15) is 4.79 Å². The van der Waals surface area contributed by atoms with Crippen molar-refractivity contribution in [3.8, 4) is 0 Å². The molecule has 112 valence electrons. The first-order valence-electron chi connectivity index (χ1n) is 7.31. The molecule has 7 nitrogen and oxygen atoms in total. The fourth-order valence-corrected chi connectivity index (χ4v) is 2.95. The standard InChI is InChI=1S/C15H16N6O/c1-19-13-4-2-6-20(9-11(13)8-17-19)14(22)12-10-21-7-3-5-16-15(21)18-12/h3,5,7-8,10H,2,4,6,9H2,1H3. The monoisotopic (exact) mass is 296 g/mol. The molecule has 0 radical (unpaired) electrons. The van der Waals surface area contributed by atoms with Crippen LogP contribution in [0.15, 0.2) is 30.9 Å². The first-order chi connectivity index (χ1) is 10.7. The molecule has 3 aromatic heterocycles. The van der Waals surface area contributed by atoms with E-state index in [1.165, 1.54) is 5.69 Å². The lowest BCUT2D eigenvalue weighted by Gasteiger charge is -2.18. The lowest BCUT2D eigenvalue weighted by atomic mass is 10.2. The first-order valence-corrected chi connectivity index (χ1v) is 7.31. The summed E-state index contributed by atoms with van der Waals surface area (Å²) in [6, 6.07) is 1.82. The Morgan fingerprint density at radius 3 is 3.14 bits per heavy atom. The Bertz CT molecular complexity index is 816. The highest BCUT2D eigenvalue weighted by atomic mass is 16.2. The number of rotatable bonds is 1. The molecule has 0 atom stereocenters.